The van der Waals surface area contributed by atoms with Crippen LogP contribution in [0.3, 0.4) is 0 Å². The molecule has 2 amide bonds. The second-order valence-electron chi connectivity index (χ2n) is 7.64. The van der Waals surface area contributed by atoms with E-state index in [1.165, 1.54) is 35.5 Å². The number of hydrogen-bond donors (Lipinski definition) is 0. The molecule has 0 N–H and O–H groups in total. The van der Waals surface area contributed by atoms with Crippen LogP contribution in [0.5, 0.6) is 0 Å². The fourth-order valence-corrected chi connectivity index (χ4v) is 7.30. The van der Waals surface area contributed by atoms with Crippen LogP contribution < -0.4 is 4.90 Å². The minimum absolute atomic E-state index is 0.0541. The molecule has 4 rings (SSSR count). The van der Waals surface area contributed by atoms with E-state index >= 15 is 0 Å². The van der Waals surface area contributed by atoms with Crippen LogP contribution in [0.2, 0.25) is 0 Å². The number of anilines is 1. The van der Waals surface area contributed by atoms with Gasteiger partial charge in [-0.3, -0.25) is 14.5 Å². The van der Waals surface area contributed by atoms with Crippen molar-refractivity contribution in [1.82, 2.24) is 4.90 Å². The zero-order valence-electron chi connectivity index (χ0n) is 16.2. The van der Waals surface area contributed by atoms with E-state index in [1.807, 2.05) is 18.2 Å². The minimum Gasteiger partial charge on any atom is -0.450 e. The van der Waals surface area contributed by atoms with Crippen LogP contribution in [0.1, 0.15) is 26.2 Å². The number of benzene rings is 1. The molecule has 29 heavy (non-hydrogen) atoms. The van der Waals surface area contributed by atoms with Crippen LogP contribution in [0.4, 0.5) is 5.69 Å². The highest BCUT2D eigenvalue weighted by atomic mass is 32.2. The Kier molecular flexibility index (Phi) is 4.89. The molecule has 0 aliphatic carbocycles. The maximum absolute atomic E-state index is 13.1. The van der Waals surface area contributed by atoms with Crippen molar-refractivity contribution in [2.45, 2.75) is 48.1 Å². The average molecular weight is 439 g/mol. The summed E-state index contributed by atoms with van der Waals surface area (Å²) in [4.78, 5) is 40.8. The molecule has 2 fully saturated rings. The van der Waals surface area contributed by atoms with Crippen molar-refractivity contribution in [2.24, 2.45) is 0 Å². The topological polar surface area (TPSA) is 101 Å². The van der Waals surface area contributed by atoms with Gasteiger partial charge in [-0.25, -0.2) is 13.2 Å². The molecule has 8 nitrogen and oxygen atoms in total. The van der Waals surface area contributed by atoms with E-state index in [0.29, 0.717) is 18.5 Å². The minimum atomic E-state index is -3.13. The first-order valence-corrected chi connectivity index (χ1v) is 12.1. The van der Waals surface area contributed by atoms with E-state index in [-0.39, 0.29) is 23.8 Å². The van der Waals surface area contributed by atoms with Gasteiger partial charge in [-0.1, -0.05) is 23.9 Å². The second-order valence-corrected chi connectivity index (χ2v) is 11.2. The van der Waals surface area contributed by atoms with Crippen molar-refractivity contribution in [2.75, 3.05) is 23.5 Å². The molecule has 156 valence electrons. The van der Waals surface area contributed by atoms with Gasteiger partial charge in [0.15, 0.2) is 20.8 Å². The molecule has 0 bridgehead atoms. The average Bonchev–Trinajstić information content (AvgIpc) is 3.32. The van der Waals surface area contributed by atoms with Crippen molar-refractivity contribution in [1.29, 1.82) is 0 Å². The standard InChI is InChI=1S/C19H22N2O6S2/c1-12(17(23)20(2)13-8-10-29(25,26)11-13)27-18(24)19-9-7-16(22)21(19)14-5-3-4-6-15(14)28-19/h3-6,12-13H,7-11H2,1-2H3/t12-,13+,19+/m0/s1. The maximum atomic E-state index is 13.1. The SMILES string of the molecule is C[C@H](OC(=O)[C@]12CCC(=O)N1c1ccccc1S2)C(=O)N(C)[C@@H]1CCS(=O)(=O)C1. The fourth-order valence-electron chi connectivity index (χ4n) is 4.12. The summed E-state index contributed by atoms with van der Waals surface area (Å²) >= 11 is 1.28. The summed E-state index contributed by atoms with van der Waals surface area (Å²) < 4.78 is 28.9. The lowest BCUT2D eigenvalue weighted by molar-refractivity contribution is -0.161. The zero-order valence-corrected chi connectivity index (χ0v) is 17.8. The Labute approximate surface area is 173 Å². The van der Waals surface area contributed by atoms with E-state index in [2.05, 4.69) is 0 Å². The van der Waals surface area contributed by atoms with Gasteiger partial charge in [0.05, 0.1) is 17.2 Å². The number of likely N-dealkylation sites (N-methyl/N-ethyl adjacent to an activating group) is 1. The van der Waals surface area contributed by atoms with Crippen LogP contribution in [-0.2, 0) is 29.0 Å². The molecule has 2 saturated heterocycles. The van der Waals surface area contributed by atoms with Gasteiger partial charge in [0, 0.05) is 30.8 Å². The summed E-state index contributed by atoms with van der Waals surface area (Å²) in [5.74, 6) is -1.25. The van der Waals surface area contributed by atoms with Crippen molar-refractivity contribution < 1.29 is 27.5 Å². The lowest BCUT2D eigenvalue weighted by Gasteiger charge is -2.31. The summed E-state index contributed by atoms with van der Waals surface area (Å²) in [6.07, 6.45) is -0.157. The number of ether oxygens (including phenoxy) is 1. The summed E-state index contributed by atoms with van der Waals surface area (Å²) in [5.41, 5.74) is 0.684. The van der Waals surface area contributed by atoms with Crippen molar-refractivity contribution in [3.63, 3.8) is 0 Å². The number of fused-ring (bicyclic) bond motifs is 3. The first kappa shape index (κ1) is 20.2. The molecule has 3 atom stereocenters. The Morgan fingerprint density at radius 3 is 2.76 bits per heavy atom. The molecule has 1 aromatic rings. The third-order valence-electron chi connectivity index (χ3n) is 5.73. The quantitative estimate of drug-likeness (QED) is 0.651. The molecular weight excluding hydrogens is 416 g/mol. The smallest absolute Gasteiger partial charge is 0.344 e. The Balaban J connectivity index is 1.49. The molecule has 10 heteroatoms. The third kappa shape index (κ3) is 3.31. The van der Waals surface area contributed by atoms with Crippen LogP contribution in [0.25, 0.3) is 0 Å². The number of sulfone groups is 1. The van der Waals surface area contributed by atoms with E-state index < -0.39 is 38.7 Å². The van der Waals surface area contributed by atoms with Crippen LogP contribution in [0.15, 0.2) is 29.2 Å². The number of esters is 1. The highest BCUT2D eigenvalue weighted by Gasteiger charge is 2.59. The molecule has 3 aliphatic rings. The Morgan fingerprint density at radius 2 is 2.07 bits per heavy atom. The number of para-hydroxylation sites is 1. The molecule has 3 heterocycles. The number of rotatable bonds is 4. The van der Waals surface area contributed by atoms with Gasteiger partial charge >= 0.3 is 5.97 Å². The fraction of sp³-hybridized carbons (Fsp3) is 0.526. The molecule has 0 aromatic heterocycles. The van der Waals surface area contributed by atoms with E-state index in [9.17, 15) is 22.8 Å². The van der Waals surface area contributed by atoms with Gasteiger partial charge < -0.3 is 9.64 Å². The zero-order chi connectivity index (χ0) is 21.0. The first-order valence-electron chi connectivity index (χ1n) is 9.44. The van der Waals surface area contributed by atoms with Gasteiger partial charge in [0.1, 0.15) is 0 Å². The Bertz CT molecular complexity index is 994. The first-order chi connectivity index (χ1) is 13.6. The van der Waals surface area contributed by atoms with E-state index in [4.69, 9.17) is 4.74 Å². The molecule has 3 aliphatic heterocycles. The van der Waals surface area contributed by atoms with Gasteiger partial charge in [-0.15, -0.1) is 0 Å². The van der Waals surface area contributed by atoms with Gasteiger partial charge in [-0.2, -0.15) is 0 Å². The molecule has 0 radical (unpaired) electrons. The predicted octanol–water partition coefficient (Wildman–Crippen LogP) is 1.19. The van der Waals surface area contributed by atoms with E-state index in [0.717, 1.165) is 4.90 Å². The number of nitrogens with zero attached hydrogens (tertiary/aromatic N) is 2. The largest absolute Gasteiger partial charge is 0.450 e. The third-order valence-corrected chi connectivity index (χ3v) is 8.93. The molecule has 0 spiro atoms. The number of hydrogen-bond acceptors (Lipinski definition) is 7. The van der Waals surface area contributed by atoms with Crippen LogP contribution in [-0.4, -0.2) is 66.7 Å². The monoisotopic (exact) mass is 438 g/mol. The molecule has 1 aromatic carbocycles. The number of carbonyl (C=O) groups excluding carboxylic acids is 3. The van der Waals surface area contributed by atoms with E-state index in [1.54, 1.807) is 6.07 Å². The second kappa shape index (κ2) is 7.02. The van der Waals surface area contributed by atoms with Crippen LogP contribution >= 0.6 is 11.8 Å². The lowest BCUT2D eigenvalue weighted by atomic mass is 10.2. The normalized spacial score (nSPS) is 28.0. The summed E-state index contributed by atoms with van der Waals surface area (Å²) in [6.45, 7) is 1.48. The maximum Gasteiger partial charge on any atom is 0.344 e. The van der Waals surface area contributed by atoms with Gasteiger partial charge in [-0.05, 0) is 25.5 Å². The van der Waals surface area contributed by atoms with Gasteiger partial charge in [0.2, 0.25) is 5.91 Å². The number of thioether (sulfide) groups is 1. The molecule has 0 unspecified atom stereocenters. The Hall–Kier alpha value is -2.07. The highest BCUT2D eigenvalue weighted by molar-refractivity contribution is 8.02. The highest BCUT2D eigenvalue weighted by Crippen LogP contribution is 2.56. The predicted molar refractivity (Wildman–Crippen MR) is 107 cm³/mol. The lowest BCUT2D eigenvalue weighted by Crippen LogP contribution is -2.51. The van der Waals surface area contributed by atoms with Gasteiger partial charge in [0.25, 0.3) is 5.91 Å². The number of carbonyl (C=O) groups is 3. The van der Waals surface area contributed by atoms with Crippen LogP contribution in [0, 0.1) is 0 Å². The van der Waals surface area contributed by atoms with Crippen molar-refractivity contribution >= 4 is 45.1 Å². The summed E-state index contributed by atoms with van der Waals surface area (Å²) in [5, 5.41) is 0. The Morgan fingerprint density at radius 1 is 1.34 bits per heavy atom. The van der Waals surface area contributed by atoms with Crippen molar-refractivity contribution in [3.8, 4) is 0 Å². The summed E-state index contributed by atoms with van der Waals surface area (Å²) in [6, 6.07) is 6.88. The molecule has 0 saturated carbocycles. The number of amides is 2. The molecular formula is C19H22N2O6S2. The van der Waals surface area contributed by atoms with Crippen molar-refractivity contribution in [3.05, 3.63) is 24.3 Å². The summed E-state index contributed by atoms with van der Waals surface area (Å²) in [7, 11) is -1.60.